The number of hydrogen-bond donors (Lipinski definition) is 0. The zero-order chi connectivity index (χ0) is 18.3. The Balaban J connectivity index is 1.57. The third-order valence-electron chi connectivity index (χ3n) is 4.31. The largest absolute Gasteiger partial charge is 0.353 e. The summed E-state index contributed by atoms with van der Waals surface area (Å²) in [6, 6.07) is 6.63. The standard InChI is InChI=1S/C16H14Cl2N4O2S2/c17-12-2-1-3-13(14(12)18)26(23,24)22-7-5-21(6-8-22)15-11-4-9-25-16(11)20-10-19-15/h1-4,9-10H,5-8H2. The van der Waals surface area contributed by atoms with Crippen LogP contribution in [0.25, 0.3) is 10.2 Å². The van der Waals surface area contributed by atoms with Gasteiger partial charge in [0.2, 0.25) is 10.0 Å². The second-order valence-corrected chi connectivity index (χ2v) is 9.37. The molecule has 6 nitrogen and oxygen atoms in total. The van der Waals surface area contributed by atoms with Gasteiger partial charge in [-0.15, -0.1) is 11.3 Å². The van der Waals surface area contributed by atoms with E-state index in [-0.39, 0.29) is 14.9 Å². The summed E-state index contributed by atoms with van der Waals surface area (Å²) in [4.78, 5) is 11.7. The minimum absolute atomic E-state index is 0.0439. The lowest BCUT2D eigenvalue weighted by atomic mass is 10.3. The molecule has 1 fully saturated rings. The van der Waals surface area contributed by atoms with E-state index >= 15 is 0 Å². The Labute approximate surface area is 165 Å². The molecule has 10 heteroatoms. The summed E-state index contributed by atoms with van der Waals surface area (Å²) in [5, 5.41) is 3.26. The molecule has 136 valence electrons. The molecule has 1 aliphatic heterocycles. The van der Waals surface area contributed by atoms with Crippen LogP contribution in [0.15, 0.2) is 40.9 Å². The number of aromatic nitrogens is 2. The number of anilines is 1. The van der Waals surface area contributed by atoms with Crippen LogP contribution in [0.4, 0.5) is 5.82 Å². The smallest absolute Gasteiger partial charge is 0.244 e. The fourth-order valence-electron chi connectivity index (χ4n) is 2.99. The van der Waals surface area contributed by atoms with E-state index in [4.69, 9.17) is 23.2 Å². The number of rotatable bonds is 3. The molecule has 1 aliphatic rings. The maximum absolute atomic E-state index is 12.9. The van der Waals surface area contributed by atoms with Crippen LogP contribution in [-0.2, 0) is 10.0 Å². The molecule has 0 amide bonds. The van der Waals surface area contributed by atoms with Crippen molar-refractivity contribution in [1.29, 1.82) is 0 Å². The van der Waals surface area contributed by atoms with Crippen molar-refractivity contribution >= 4 is 60.6 Å². The van der Waals surface area contributed by atoms with Crippen LogP contribution in [0.1, 0.15) is 0 Å². The average molecular weight is 429 g/mol. The Bertz CT molecular complexity index is 1060. The van der Waals surface area contributed by atoms with Gasteiger partial charge < -0.3 is 4.90 Å². The number of fused-ring (bicyclic) bond motifs is 1. The van der Waals surface area contributed by atoms with E-state index in [1.54, 1.807) is 29.8 Å². The molecule has 0 unspecified atom stereocenters. The molecule has 1 saturated heterocycles. The monoisotopic (exact) mass is 428 g/mol. The van der Waals surface area contributed by atoms with E-state index in [0.29, 0.717) is 26.2 Å². The third kappa shape index (κ3) is 3.05. The summed E-state index contributed by atoms with van der Waals surface area (Å²) in [7, 11) is -3.69. The van der Waals surface area contributed by atoms with Gasteiger partial charge in [-0.3, -0.25) is 0 Å². The maximum Gasteiger partial charge on any atom is 0.244 e. The fraction of sp³-hybridized carbons (Fsp3) is 0.250. The highest BCUT2D eigenvalue weighted by molar-refractivity contribution is 7.89. The van der Waals surface area contributed by atoms with E-state index in [9.17, 15) is 8.42 Å². The molecule has 3 heterocycles. The number of piperazine rings is 1. The van der Waals surface area contributed by atoms with E-state index < -0.39 is 10.0 Å². The second-order valence-electron chi connectivity index (χ2n) is 5.78. The van der Waals surface area contributed by atoms with Gasteiger partial charge in [0.05, 0.1) is 15.4 Å². The molecular weight excluding hydrogens is 415 g/mol. The lowest BCUT2D eigenvalue weighted by molar-refractivity contribution is 0.384. The van der Waals surface area contributed by atoms with Gasteiger partial charge in [0, 0.05) is 26.2 Å². The SMILES string of the molecule is O=S(=O)(c1cccc(Cl)c1Cl)N1CCN(c2ncnc3sccc23)CC1. The number of thiophene rings is 1. The Hall–Kier alpha value is -1.45. The van der Waals surface area contributed by atoms with Crippen LogP contribution in [0.5, 0.6) is 0 Å². The van der Waals surface area contributed by atoms with Gasteiger partial charge in [0.1, 0.15) is 21.9 Å². The normalized spacial score (nSPS) is 16.3. The van der Waals surface area contributed by atoms with Crippen LogP contribution < -0.4 is 4.90 Å². The van der Waals surface area contributed by atoms with Gasteiger partial charge in [0.15, 0.2) is 0 Å². The topological polar surface area (TPSA) is 66.4 Å². The van der Waals surface area contributed by atoms with E-state index in [2.05, 4.69) is 14.9 Å². The molecule has 26 heavy (non-hydrogen) atoms. The van der Waals surface area contributed by atoms with Crippen molar-refractivity contribution in [1.82, 2.24) is 14.3 Å². The first kappa shape index (κ1) is 17.9. The summed E-state index contributed by atoms with van der Waals surface area (Å²) in [6.45, 7) is 1.78. The first-order chi connectivity index (χ1) is 12.5. The lowest BCUT2D eigenvalue weighted by Gasteiger charge is -2.35. The molecule has 0 saturated carbocycles. The first-order valence-corrected chi connectivity index (χ1v) is 10.9. The Morgan fingerprint density at radius 2 is 1.81 bits per heavy atom. The number of sulfonamides is 1. The zero-order valence-corrected chi connectivity index (χ0v) is 16.6. The summed E-state index contributed by atoms with van der Waals surface area (Å²) in [5.41, 5.74) is 0. The van der Waals surface area contributed by atoms with Crippen molar-refractivity contribution in [3.8, 4) is 0 Å². The molecule has 4 rings (SSSR count). The summed E-state index contributed by atoms with van der Waals surface area (Å²) in [5.74, 6) is 0.842. The zero-order valence-electron chi connectivity index (χ0n) is 13.5. The van der Waals surface area contributed by atoms with Crippen LogP contribution in [0, 0.1) is 0 Å². The van der Waals surface area contributed by atoms with Crippen LogP contribution in [-0.4, -0.2) is 48.9 Å². The fourth-order valence-corrected chi connectivity index (χ4v) is 5.88. The highest BCUT2D eigenvalue weighted by atomic mass is 35.5. The predicted octanol–water partition coefficient (Wildman–Crippen LogP) is 3.51. The number of hydrogen-bond acceptors (Lipinski definition) is 6. The number of benzene rings is 1. The van der Waals surface area contributed by atoms with Gasteiger partial charge in [-0.05, 0) is 23.6 Å². The minimum Gasteiger partial charge on any atom is -0.353 e. The summed E-state index contributed by atoms with van der Waals surface area (Å²) >= 11 is 13.6. The van der Waals surface area contributed by atoms with Gasteiger partial charge in [-0.1, -0.05) is 29.3 Å². The minimum atomic E-state index is -3.69. The molecule has 1 aromatic carbocycles. The third-order valence-corrected chi connectivity index (χ3v) is 8.01. The van der Waals surface area contributed by atoms with Crippen LogP contribution in [0.2, 0.25) is 10.0 Å². The van der Waals surface area contributed by atoms with Crippen LogP contribution >= 0.6 is 34.5 Å². The van der Waals surface area contributed by atoms with Crippen molar-refractivity contribution in [3.63, 3.8) is 0 Å². The molecule has 0 bridgehead atoms. The number of nitrogens with zero attached hydrogens (tertiary/aromatic N) is 4. The molecule has 2 aromatic heterocycles. The van der Waals surface area contributed by atoms with Crippen molar-refractivity contribution in [2.45, 2.75) is 4.90 Å². The van der Waals surface area contributed by atoms with Gasteiger partial charge in [0.25, 0.3) is 0 Å². The van der Waals surface area contributed by atoms with Crippen molar-refractivity contribution in [3.05, 3.63) is 46.0 Å². The Morgan fingerprint density at radius 1 is 1.04 bits per heavy atom. The average Bonchev–Trinajstić information content (AvgIpc) is 3.13. The molecule has 0 spiro atoms. The molecule has 0 atom stereocenters. The quantitative estimate of drug-likeness (QED) is 0.638. The number of halogens is 2. The molecule has 0 radical (unpaired) electrons. The Kier molecular flexibility index (Phi) is 4.79. The highest BCUT2D eigenvalue weighted by Gasteiger charge is 2.31. The maximum atomic E-state index is 12.9. The summed E-state index contributed by atoms with van der Waals surface area (Å²) < 4.78 is 27.3. The highest BCUT2D eigenvalue weighted by Crippen LogP contribution is 2.32. The lowest BCUT2D eigenvalue weighted by Crippen LogP contribution is -2.49. The molecular formula is C16H14Cl2N4O2S2. The van der Waals surface area contributed by atoms with E-state index in [1.165, 1.54) is 10.4 Å². The molecule has 0 aliphatic carbocycles. The molecule has 3 aromatic rings. The second kappa shape index (κ2) is 6.94. The van der Waals surface area contributed by atoms with Gasteiger partial charge in [-0.2, -0.15) is 4.31 Å². The molecule has 0 N–H and O–H groups in total. The Morgan fingerprint density at radius 3 is 2.58 bits per heavy atom. The van der Waals surface area contributed by atoms with Crippen LogP contribution in [0.3, 0.4) is 0 Å². The summed E-state index contributed by atoms with van der Waals surface area (Å²) in [6.07, 6.45) is 1.54. The first-order valence-electron chi connectivity index (χ1n) is 7.86. The van der Waals surface area contributed by atoms with Gasteiger partial charge >= 0.3 is 0 Å². The predicted molar refractivity (Wildman–Crippen MR) is 105 cm³/mol. The van der Waals surface area contributed by atoms with Crippen molar-refractivity contribution in [2.75, 3.05) is 31.1 Å². The van der Waals surface area contributed by atoms with Gasteiger partial charge in [-0.25, -0.2) is 18.4 Å². The van der Waals surface area contributed by atoms with Crippen molar-refractivity contribution in [2.24, 2.45) is 0 Å². The van der Waals surface area contributed by atoms with E-state index in [0.717, 1.165) is 16.0 Å². The van der Waals surface area contributed by atoms with E-state index in [1.807, 2.05) is 11.4 Å². The van der Waals surface area contributed by atoms with Crippen molar-refractivity contribution < 1.29 is 8.42 Å².